The van der Waals surface area contributed by atoms with Gasteiger partial charge >= 0.3 is 0 Å². The Labute approximate surface area is 113 Å². The fourth-order valence-electron chi connectivity index (χ4n) is 2.02. The fourth-order valence-corrected chi connectivity index (χ4v) is 2.25. The van der Waals surface area contributed by atoms with Crippen molar-refractivity contribution in [3.8, 4) is 5.75 Å². The van der Waals surface area contributed by atoms with Crippen molar-refractivity contribution in [3.63, 3.8) is 0 Å². The molecule has 0 aromatic heterocycles. The van der Waals surface area contributed by atoms with Crippen molar-refractivity contribution < 1.29 is 4.74 Å². The minimum Gasteiger partial charge on any atom is -0.497 e. The van der Waals surface area contributed by atoms with E-state index >= 15 is 0 Å². The molecule has 0 radical (unpaired) electrons. The second-order valence-electron chi connectivity index (χ2n) is 4.41. The van der Waals surface area contributed by atoms with Crippen LogP contribution in [0.4, 0.5) is 0 Å². The molecule has 0 spiro atoms. The average molecular weight is 270 g/mol. The second kappa shape index (κ2) is 6.95. The van der Waals surface area contributed by atoms with Gasteiger partial charge in [0.1, 0.15) is 5.75 Å². The Morgan fingerprint density at radius 1 is 1.39 bits per heavy atom. The highest BCUT2D eigenvalue weighted by Gasteiger charge is 2.08. The van der Waals surface area contributed by atoms with Gasteiger partial charge in [0.05, 0.1) is 7.11 Å². The predicted octanol–water partition coefficient (Wildman–Crippen LogP) is 1.30. The van der Waals surface area contributed by atoms with Crippen LogP contribution in [-0.2, 0) is 6.54 Å². The molecule has 1 saturated heterocycles. The molecular formula is C13H20ClN3O. The van der Waals surface area contributed by atoms with Crippen LogP contribution in [0.5, 0.6) is 5.75 Å². The van der Waals surface area contributed by atoms with Gasteiger partial charge in [-0.05, 0) is 17.7 Å². The van der Waals surface area contributed by atoms with E-state index in [-0.39, 0.29) is 0 Å². The van der Waals surface area contributed by atoms with Crippen LogP contribution in [0.2, 0.25) is 5.02 Å². The first-order chi connectivity index (χ1) is 8.79. The highest BCUT2D eigenvalue weighted by atomic mass is 35.5. The van der Waals surface area contributed by atoms with Gasteiger partial charge in [0.2, 0.25) is 0 Å². The molecule has 0 saturated carbocycles. The normalized spacial score (nSPS) is 16.8. The first kappa shape index (κ1) is 13.6. The summed E-state index contributed by atoms with van der Waals surface area (Å²) < 4.78 is 5.13. The minimum atomic E-state index is 0.752. The van der Waals surface area contributed by atoms with Gasteiger partial charge in [0.15, 0.2) is 0 Å². The van der Waals surface area contributed by atoms with Gasteiger partial charge in [-0.25, -0.2) is 0 Å². The van der Waals surface area contributed by atoms with Crippen molar-refractivity contribution in [3.05, 3.63) is 28.8 Å². The third-order valence-corrected chi connectivity index (χ3v) is 3.47. The van der Waals surface area contributed by atoms with E-state index in [0.717, 1.165) is 55.7 Å². The summed E-state index contributed by atoms with van der Waals surface area (Å²) in [5.41, 5.74) is 1.10. The van der Waals surface area contributed by atoms with Crippen LogP contribution in [0.3, 0.4) is 0 Å². The third kappa shape index (κ3) is 3.85. The zero-order valence-electron chi connectivity index (χ0n) is 10.7. The molecule has 1 aromatic carbocycles. The van der Waals surface area contributed by atoms with Gasteiger partial charge in [-0.15, -0.1) is 0 Å². The number of rotatable bonds is 5. The summed E-state index contributed by atoms with van der Waals surface area (Å²) in [4.78, 5) is 2.40. The van der Waals surface area contributed by atoms with Gasteiger partial charge in [0, 0.05) is 44.4 Å². The predicted molar refractivity (Wildman–Crippen MR) is 74.2 cm³/mol. The molecule has 1 aliphatic heterocycles. The second-order valence-corrected chi connectivity index (χ2v) is 4.82. The van der Waals surface area contributed by atoms with Crippen LogP contribution in [-0.4, -0.2) is 44.9 Å². The van der Waals surface area contributed by atoms with Crippen molar-refractivity contribution in [1.29, 1.82) is 0 Å². The largest absolute Gasteiger partial charge is 0.497 e. The first-order valence-corrected chi connectivity index (χ1v) is 6.63. The topological polar surface area (TPSA) is 36.5 Å². The summed E-state index contributed by atoms with van der Waals surface area (Å²) in [6.07, 6.45) is 0. The van der Waals surface area contributed by atoms with Gasteiger partial charge in [-0.2, -0.15) is 0 Å². The van der Waals surface area contributed by atoms with Crippen LogP contribution in [0, 0.1) is 0 Å². The van der Waals surface area contributed by atoms with Gasteiger partial charge < -0.3 is 15.4 Å². The third-order valence-electron chi connectivity index (χ3n) is 3.12. The number of ether oxygens (including phenoxy) is 1. The van der Waals surface area contributed by atoms with Crippen molar-refractivity contribution in [1.82, 2.24) is 15.5 Å². The average Bonchev–Trinajstić information content (AvgIpc) is 2.42. The molecule has 1 aromatic rings. The summed E-state index contributed by atoms with van der Waals surface area (Å²) in [5, 5.41) is 7.51. The lowest BCUT2D eigenvalue weighted by Gasteiger charge is -2.27. The first-order valence-electron chi connectivity index (χ1n) is 6.26. The molecule has 0 aliphatic carbocycles. The quantitative estimate of drug-likeness (QED) is 0.845. The van der Waals surface area contributed by atoms with E-state index in [1.165, 1.54) is 0 Å². The minimum absolute atomic E-state index is 0.752. The number of nitrogens with zero attached hydrogens (tertiary/aromatic N) is 1. The standard InChI is InChI=1S/C13H20ClN3O/c1-18-12-3-2-11(13(14)8-12)9-16-10-17-6-4-15-5-7-17/h2-3,8,15-16H,4-7,9-10H2,1H3. The van der Waals surface area contributed by atoms with E-state index in [9.17, 15) is 0 Å². The van der Waals surface area contributed by atoms with Crippen molar-refractivity contribution in [2.24, 2.45) is 0 Å². The Bertz CT molecular complexity index is 380. The summed E-state index contributed by atoms with van der Waals surface area (Å²) >= 11 is 6.19. The number of halogens is 1. The summed E-state index contributed by atoms with van der Waals surface area (Å²) in [6, 6.07) is 5.79. The lowest BCUT2D eigenvalue weighted by Crippen LogP contribution is -2.46. The number of nitrogens with one attached hydrogen (secondary N) is 2. The van der Waals surface area contributed by atoms with Crippen molar-refractivity contribution in [2.45, 2.75) is 6.54 Å². The fraction of sp³-hybridized carbons (Fsp3) is 0.538. The zero-order chi connectivity index (χ0) is 12.8. The van der Waals surface area contributed by atoms with E-state index in [4.69, 9.17) is 16.3 Å². The molecule has 0 amide bonds. The van der Waals surface area contributed by atoms with E-state index < -0.39 is 0 Å². The Morgan fingerprint density at radius 2 is 2.17 bits per heavy atom. The molecule has 0 bridgehead atoms. The smallest absolute Gasteiger partial charge is 0.120 e. The highest BCUT2D eigenvalue weighted by molar-refractivity contribution is 6.31. The summed E-state index contributed by atoms with van der Waals surface area (Å²) in [7, 11) is 1.65. The Balaban J connectivity index is 1.79. The monoisotopic (exact) mass is 269 g/mol. The highest BCUT2D eigenvalue weighted by Crippen LogP contribution is 2.22. The Hall–Kier alpha value is -0.810. The lowest BCUT2D eigenvalue weighted by atomic mass is 10.2. The van der Waals surface area contributed by atoms with Crippen molar-refractivity contribution in [2.75, 3.05) is 40.0 Å². The molecule has 0 atom stereocenters. The molecule has 1 aliphatic rings. The van der Waals surface area contributed by atoms with Crippen molar-refractivity contribution >= 4 is 11.6 Å². The summed E-state index contributed by atoms with van der Waals surface area (Å²) in [5.74, 6) is 0.797. The van der Waals surface area contributed by atoms with Gasteiger partial charge in [-0.3, -0.25) is 4.90 Å². The number of hydrogen-bond donors (Lipinski definition) is 2. The zero-order valence-corrected chi connectivity index (χ0v) is 11.5. The lowest BCUT2D eigenvalue weighted by molar-refractivity contribution is 0.223. The number of methoxy groups -OCH3 is 1. The van der Waals surface area contributed by atoms with Gasteiger partial charge in [-0.1, -0.05) is 17.7 Å². The molecular weight excluding hydrogens is 250 g/mol. The molecule has 1 heterocycles. The molecule has 2 N–H and O–H groups in total. The molecule has 5 heteroatoms. The van der Waals surface area contributed by atoms with E-state index in [1.54, 1.807) is 7.11 Å². The van der Waals surface area contributed by atoms with E-state index in [2.05, 4.69) is 15.5 Å². The number of benzene rings is 1. The van der Waals surface area contributed by atoms with Crippen LogP contribution in [0.15, 0.2) is 18.2 Å². The van der Waals surface area contributed by atoms with Crippen LogP contribution < -0.4 is 15.4 Å². The Morgan fingerprint density at radius 3 is 2.83 bits per heavy atom. The number of piperazine rings is 1. The molecule has 18 heavy (non-hydrogen) atoms. The molecule has 2 rings (SSSR count). The molecule has 4 nitrogen and oxygen atoms in total. The molecule has 1 fully saturated rings. The van der Waals surface area contributed by atoms with Crippen LogP contribution in [0.25, 0.3) is 0 Å². The number of hydrogen-bond acceptors (Lipinski definition) is 4. The molecule has 100 valence electrons. The van der Waals surface area contributed by atoms with Gasteiger partial charge in [0.25, 0.3) is 0 Å². The Kier molecular flexibility index (Phi) is 5.26. The van der Waals surface area contributed by atoms with E-state index in [1.807, 2.05) is 18.2 Å². The molecule has 0 unspecified atom stereocenters. The van der Waals surface area contributed by atoms with Crippen LogP contribution in [0.1, 0.15) is 5.56 Å². The maximum absolute atomic E-state index is 6.19. The maximum atomic E-state index is 6.19. The van der Waals surface area contributed by atoms with E-state index in [0.29, 0.717) is 0 Å². The van der Waals surface area contributed by atoms with Crippen LogP contribution >= 0.6 is 11.6 Å². The maximum Gasteiger partial charge on any atom is 0.120 e. The SMILES string of the molecule is COc1ccc(CNCN2CCNCC2)c(Cl)c1. The summed E-state index contributed by atoms with van der Waals surface area (Å²) in [6.45, 7) is 6.04.